The van der Waals surface area contributed by atoms with Crippen molar-refractivity contribution in [2.75, 3.05) is 20.3 Å². The third-order valence-electron chi connectivity index (χ3n) is 1.96. The van der Waals surface area contributed by atoms with Crippen LogP contribution in [0.4, 0.5) is 0 Å². The smallest absolute Gasteiger partial charge is 0.172 e. The molecule has 1 unspecified atom stereocenters. The van der Waals surface area contributed by atoms with Crippen LogP contribution in [0.1, 0.15) is 33.6 Å². The molecule has 0 radical (unpaired) electrons. The minimum atomic E-state index is -0.0973. The molecule has 0 saturated carbocycles. The lowest BCUT2D eigenvalue weighted by molar-refractivity contribution is -0.154. The average molecular weight is 189 g/mol. The van der Waals surface area contributed by atoms with E-state index in [9.17, 15) is 0 Å². The van der Waals surface area contributed by atoms with E-state index in [-0.39, 0.29) is 6.29 Å². The largest absolute Gasteiger partial charge is 0.351 e. The summed E-state index contributed by atoms with van der Waals surface area (Å²) >= 11 is 0. The van der Waals surface area contributed by atoms with Gasteiger partial charge in [0.25, 0.3) is 0 Å². The second-order valence-electron chi connectivity index (χ2n) is 2.96. The molecule has 1 atom stereocenters. The van der Waals surface area contributed by atoms with E-state index in [0.717, 1.165) is 12.8 Å². The molecule has 0 aromatic rings. The molecule has 0 amide bonds. The molecule has 80 valence electrons. The van der Waals surface area contributed by atoms with Gasteiger partial charge in [-0.25, -0.2) is 0 Å². The van der Waals surface area contributed by atoms with Crippen LogP contribution in [-0.2, 0) is 9.47 Å². The zero-order valence-electron chi connectivity index (χ0n) is 9.30. The molecule has 0 rings (SSSR count). The molecule has 0 aliphatic carbocycles. The summed E-state index contributed by atoms with van der Waals surface area (Å²) in [5.74, 6) is 0. The number of rotatable bonds is 8. The highest BCUT2D eigenvalue weighted by molar-refractivity contribution is 4.68. The van der Waals surface area contributed by atoms with Gasteiger partial charge in [0.2, 0.25) is 0 Å². The number of hydrogen-bond donors (Lipinski definition) is 1. The Bertz CT molecular complexity index is 103. The van der Waals surface area contributed by atoms with E-state index < -0.39 is 0 Å². The Kier molecular flexibility index (Phi) is 8.40. The van der Waals surface area contributed by atoms with Crippen molar-refractivity contribution in [1.29, 1.82) is 0 Å². The molecular formula is C10H23NO2. The molecule has 0 spiro atoms. The van der Waals surface area contributed by atoms with Gasteiger partial charge in [-0.3, -0.25) is 0 Å². The van der Waals surface area contributed by atoms with Crippen LogP contribution in [0.5, 0.6) is 0 Å². The lowest BCUT2D eigenvalue weighted by atomic mass is 10.1. The highest BCUT2D eigenvalue weighted by Gasteiger charge is 2.19. The number of likely N-dealkylation sites (N-methyl/N-ethyl adjacent to an activating group) is 1. The van der Waals surface area contributed by atoms with Crippen molar-refractivity contribution in [3.8, 4) is 0 Å². The number of ether oxygens (including phenoxy) is 2. The van der Waals surface area contributed by atoms with Gasteiger partial charge >= 0.3 is 0 Å². The van der Waals surface area contributed by atoms with Gasteiger partial charge in [0, 0.05) is 13.2 Å². The third kappa shape index (κ3) is 5.24. The predicted molar refractivity (Wildman–Crippen MR) is 54.8 cm³/mol. The molecule has 0 aliphatic heterocycles. The van der Waals surface area contributed by atoms with E-state index in [1.807, 2.05) is 20.9 Å². The van der Waals surface area contributed by atoms with Crippen molar-refractivity contribution < 1.29 is 9.47 Å². The molecule has 0 aromatic carbocycles. The van der Waals surface area contributed by atoms with Crippen LogP contribution in [0.25, 0.3) is 0 Å². The lowest BCUT2D eigenvalue weighted by Crippen LogP contribution is -2.41. The maximum atomic E-state index is 5.50. The maximum absolute atomic E-state index is 5.50. The quantitative estimate of drug-likeness (QED) is 0.590. The first-order valence-electron chi connectivity index (χ1n) is 5.20. The van der Waals surface area contributed by atoms with Crippen LogP contribution in [0.2, 0.25) is 0 Å². The Labute approximate surface area is 81.8 Å². The summed E-state index contributed by atoms with van der Waals surface area (Å²) in [6.45, 7) is 7.55. The van der Waals surface area contributed by atoms with Gasteiger partial charge in [0.15, 0.2) is 6.29 Å². The molecule has 3 heteroatoms. The van der Waals surface area contributed by atoms with Gasteiger partial charge in [-0.1, -0.05) is 13.3 Å². The molecule has 0 heterocycles. The van der Waals surface area contributed by atoms with Crippen molar-refractivity contribution in [1.82, 2.24) is 5.32 Å². The Balaban J connectivity index is 3.94. The van der Waals surface area contributed by atoms with Crippen LogP contribution < -0.4 is 5.32 Å². The molecule has 3 nitrogen and oxygen atoms in total. The lowest BCUT2D eigenvalue weighted by Gasteiger charge is -2.25. The Morgan fingerprint density at radius 3 is 1.92 bits per heavy atom. The van der Waals surface area contributed by atoms with Crippen molar-refractivity contribution >= 4 is 0 Å². The van der Waals surface area contributed by atoms with Gasteiger partial charge in [0.05, 0.1) is 6.04 Å². The standard InChI is InChI=1S/C10H23NO2/c1-5-8-9(11-4)10(12-6-2)13-7-3/h9-11H,5-8H2,1-4H3. The Morgan fingerprint density at radius 1 is 1.08 bits per heavy atom. The van der Waals surface area contributed by atoms with Crippen LogP contribution in [-0.4, -0.2) is 32.6 Å². The maximum Gasteiger partial charge on any atom is 0.172 e. The van der Waals surface area contributed by atoms with E-state index in [2.05, 4.69) is 12.2 Å². The SMILES string of the molecule is CCCC(NC)C(OCC)OCC. The summed E-state index contributed by atoms with van der Waals surface area (Å²) in [4.78, 5) is 0. The van der Waals surface area contributed by atoms with Crippen LogP contribution in [0, 0.1) is 0 Å². The summed E-state index contributed by atoms with van der Waals surface area (Å²) < 4.78 is 11.0. The van der Waals surface area contributed by atoms with Crippen molar-refractivity contribution in [2.45, 2.75) is 45.9 Å². The fraction of sp³-hybridized carbons (Fsp3) is 1.00. The van der Waals surface area contributed by atoms with E-state index in [1.54, 1.807) is 0 Å². The van der Waals surface area contributed by atoms with Crippen molar-refractivity contribution in [2.24, 2.45) is 0 Å². The van der Waals surface area contributed by atoms with Crippen molar-refractivity contribution in [3.63, 3.8) is 0 Å². The number of hydrogen-bond acceptors (Lipinski definition) is 3. The molecule has 13 heavy (non-hydrogen) atoms. The zero-order chi connectivity index (χ0) is 10.1. The molecule has 0 aromatic heterocycles. The van der Waals surface area contributed by atoms with Crippen molar-refractivity contribution in [3.05, 3.63) is 0 Å². The van der Waals surface area contributed by atoms with Crippen LogP contribution in [0.3, 0.4) is 0 Å². The average Bonchev–Trinajstić information content (AvgIpc) is 2.14. The summed E-state index contributed by atoms with van der Waals surface area (Å²) in [5, 5.41) is 3.22. The molecule has 0 fully saturated rings. The zero-order valence-corrected chi connectivity index (χ0v) is 9.30. The molecule has 0 saturated heterocycles. The molecule has 0 bridgehead atoms. The minimum absolute atomic E-state index is 0.0973. The highest BCUT2D eigenvalue weighted by atomic mass is 16.7. The third-order valence-corrected chi connectivity index (χ3v) is 1.96. The molecule has 1 N–H and O–H groups in total. The minimum Gasteiger partial charge on any atom is -0.351 e. The summed E-state index contributed by atoms with van der Waals surface area (Å²) in [6, 6.07) is 0.310. The monoisotopic (exact) mass is 189 g/mol. The normalized spacial score (nSPS) is 13.6. The Morgan fingerprint density at radius 2 is 1.62 bits per heavy atom. The van der Waals surface area contributed by atoms with E-state index in [4.69, 9.17) is 9.47 Å². The van der Waals surface area contributed by atoms with E-state index in [1.165, 1.54) is 0 Å². The number of nitrogens with one attached hydrogen (secondary N) is 1. The first kappa shape index (κ1) is 12.9. The van der Waals surface area contributed by atoms with E-state index >= 15 is 0 Å². The second kappa shape index (κ2) is 8.48. The first-order valence-corrected chi connectivity index (χ1v) is 5.20. The summed E-state index contributed by atoms with van der Waals surface area (Å²) in [6.07, 6.45) is 2.13. The Hall–Kier alpha value is -0.120. The van der Waals surface area contributed by atoms with Gasteiger partial charge in [-0.15, -0.1) is 0 Å². The first-order chi connectivity index (χ1) is 6.29. The predicted octanol–water partition coefficient (Wildman–Crippen LogP) is 1.77. The molecular weight excluding hydrogens is 166 g/mol. The molecule has 0 aliphatic rings. The fourth-order valence-corrected chi connectivity index (χ4v) is 1.34. The highest BCUT2D eigenvalue weighted by Crippen LogP contribution is 2.07. The van der Waals surface area contributed by atoms with Crippen LogP contribution >= 0.6 is 0 Å². The van der Waals surface area contributed by atoms with Gasteiger partial charge in [0.1, 0.15) is 0 Å². The van der Waals surface area contributed by atoms with Gasteiger partial charge in [-0.2, -0.15) is 0 Å². The van der Waals surface area contributed by atoms with Crippen LogP contribution in [0.15, 0.2) is 0 Å². The summed E-state index contributed by atoms with van der Waals surface area (Å²) in [7, 11) is 1.95. The van der Waals surface area contributed by atoms with Gasteiger partial charge in [-0.05, 0) is 27.3 Å². The van der Waals surface area contributed by atoms with Gasteiger partial charge < -0.3 is 14.8 Å². The second-order valence-corrected chi connectivity index (χ2v) is 2.96. The topological polar surface area (TPSA) is 30.5 Å². The van der Waals surface area contributed by atoms with E-state index in [0.29, 0.717) is 19.3 Å². The fourth-order valence-electron chi connectivity index (χ4n) is 1.34. The summed E-state index contributed by atoms with van der Waals surface area (Å²) in [5.41, 5.74) is 0.